The molecule has 0 spiro atoms. The summed E-state index contributed by atoms with van der Waals surface area (Å²) in [6, 6.07) is 14.3. The summed E-state index contributed by atoms with van der Waals surface area (Å²) in [5.41, 5.74) is 2.90. The van der Waals surface area contributed by atoms with Gasteiger partial charge in [-0.25, -0.2) is 14.5 Å². The molecular weight excluding hydrogens is 440 g/mol. The van der Waals surface area contributed by atoms with Crippen LogP contribution in [0.2, 0.25) is 0 Å². The zero-order chi connectivity index (χ0) is 23.5. The van der Waals surface area contributed by atoms with Gasteiger partial charge < -0.3 is 10.1 Å². The van der Waals surface area contributed by atoms with Crippen molar-refractivity contribution >= 4 is 39.1 Å². The van der Waals surface area contributed by atoms with E-state index < -0.39 is 17.4 Å². The molecule has 0 atom stereocenters. The second kappa shape index (κ2) is 9.33. The maximum atomic E-state index is 13.0. The number of hydrogen-bond donors (Lipinski definition) is 1. The number of carbonyl (C=O) groups is 2. The number of aromatic nitrogens is 3. The Kier molecular flexibility index (Phi) is 6.32. The molecule has 2 heterocycles. The Morgan fingerprint density at radius 3 is 2.55 bits per heavy atom. The molecule has 0 aliphatic carbocycles. The first-order valence-corrected chi connectivity index (χ1v) is 11.2. The second-order valence-electron chi connectivity index (χ2n) is 7.40. The van der Waals surface area contributed by atoms with Crippen molar-refractivity contribution in [1.82, 2.24) is 14.8 Å². The van der Waals surface area contributed by atoms with Gasteiger partial charge in [0, 0.05) is 5.56 Å². The van der Waals surface area contributed by atoms with Crippen molar-refractivity contribution in [2.24, 2.45) is 0 Å². The first-order chi connectivity index (χ1) is 15.9. The van der Waals surface area contributed by atoms with E-state index in [0.29, 0.717) is 16.1 Å². The summed E-state index contributed by atoms with van der Waals surface area (Å²) in [5, 5.41) is 7.93. The molecule has 2 aromatic heterocycles. The van der Waals surface area contributed by atoms with Gasteiger partial charge >= 0.3 is 5.97 Å². The summed E-state index contributed by atoms with van der Waals surface area (Å²) in [4.78, 5) is 42.4. The molecule has 4 aromatic rings. The number of hydrogen-bond acceptors (Lipinski definition) is 7. The maximum absolute atomic E-state index is 13.0. The molecule has 8 nitrogen and oxygen atoms in total. The molecule has 1 amide bonds. The number of ether oxygens (including phenoxy) is 1. The third-order valence-corrected chi connectivity index (χ3v) is 5.90. The van der Waals surface area contributed by atoms with E-state index >= 15 is 0 Å². The van der Waals surface area contributed by atoms with Crippen LogP contribution in [0.15, 0.2) is 53.3 Å². The van der Waals surface area contributed by atoms with Crippen molar-refractivity contribution in [2.45, 2.75) is 27.3 Å². The number of nitrogens with one attached hydrogen (secondary N) is 1. The highest BCUT2D eigenvalue weighted by molar-refractivity contribution is 7.19. The summed E-state index contributed by atoms with van der Waals surface area (Å²) in [7, 11) is 0. The van der Waals surface area contributed by atoms with E-state index in [4.69, 9.17) is 4.74 Å². The number of carbonyl (C=O) groups excluding carboxylic acids is 2. The third kappa shape index (κ3) is 4.68. The van der Waals surface area contributed by atoms with Gasteiger partial charge in [-0.3, -0.25) is 9.59 Å². The predicted molar refractivity (Wildman–Crippen MR) is 128 cm³/mol. The highest BCUT2D eigenvalue weighted by Gasteiger charge is 2.19. The van der Waals surface area contributed by atoms with Crippen LogP contribution in [0.1, 0.15) is 27.9 Å². The molecule has 168 valence electrons. The Bertz CT molecular complexity index is 1410. The summed E-state index contributed by atoms with van der Waals surface area (Å²) >= 11 is 1.39. The Morgan fingerprint density at radius 2 is 1.82 bits per heavy atom. The standard InChI is InChI=1S/C24H22N4O4S/c1-4-32-24(31)17-7-5-6-8-18(17)26-19(29)13-28-23(30)21-22(33-15(3)25-21)20(27-28)16-11-9-14(2)10-12-16/h5-12H,4,13H2,1-3H3,(H,26,29). The molecule has 0 saturated carbocycles. The Balaban J connectivity index is 1.69. The topological polar surface area (TPSA) is 103 Å². The lowest BCUT2D eigenvalue weighted by Gasteiger charge is -2.12. The molecule has 1 N–H and O–H groups in total. The predicted octanol–water partition coefficient (Wildman–Crippen LogP) is 3.95. The van der Waals surface area contributed by atoms with E-state index in [1.54, 1.807) is 31.2 Å². The minimum absolute atomic E-state index is 0.218. The average molecular weight is 463 g/mol. The molecule has 9 heteroatoms. The van der Waals surface area contributed by atoms with Crippen molar-refractivity contribution in [2.75, 3.05) is 11.9 Å². The van der Waals surface area contributed by atoms with E-state index in [-0.39, 0.29) is 24.2 Å². The fourth-order valence-electron chi connectivity index (χ4n) is 3.38. The van der Waals surface area contributed by atoms with Crippen LogP contribution in [0, 0.1) is 13.8 Å². The number of thiazole rings is 1. The molecule has 33 heavy (non-hydrogen) atoms. The third-order valence-electron chi connectivity index (χ3n) is 4.92. The number of esters is 1. The molecule has 0 aliphatic heterocycles. The van der Waals surface area contributed by atoms with Gasteiger partial charge in [-0.1, -0.05) is 42.0 Å². The van der Waals surface area contributed by atoms with Gasteiger partial charge in [0.1, 0.15) is 12.2 Å². The zero-order valence-electron chi connectivity index (χ0n) is 18.4. The molecule has 4 rings (SSSR count). The Labute approximate surface area is 193 Å². The molecule has 0 saturated heterocycles. The van der Waals surface area contributed by atoms with Crippen LogP contribution in [-0.2, 0) is 16.1 Å². The number of nitrogens with zero attached hydrogens (tertiary/aromatic N) is 3. The van der Waals surface area contributed by atoms with Gasteiger partial charge in [0.2, 0.25) is 5.91 Å². The molecule has 0 radical (unpaired) electrons. The van der Waals surface area contributed by atoms with Crippen LogP contribution in [0.5, 0.6) is 0 Å². The first-order valence-electron chi connectivity index (χ1n) is 10.4. The molecule has 0 fully saturated rings. The van der Waals surface area contributed by atoms with Gasteiger partial charge in [-0.05, 0) is 32.9 Å². The Hall–Kier alpha value is -3.85. The minimum Gasteiger partial charge on any atom is -0.462 e. The van der Waals surface area contributed by atoms with Crippen LogP contribution in [0.4, 0.5) is 5.69 Å². The SMILES string of the molecule is CCOC(=O)c1ccccc1NC(=O)Cn1nc(-c2ccc(C)cc2)c2sc(C)nc2c1=O. The second-order valence-corrected chi connectivity index (χ2v) is 8.61. The van der Waals surface area contributed by atoms with E-state index in [2.05, 4.69) is 15.4 Å². The van der Waals surface area contributed by atoms with Crippen molar-refractivity contribution in [3.63, 3.8) is 0 Å². The maximum Gasteiger partial charge on any atom is 0.340 e. The lowest BCUT2D eigenvalue weighted by Crippen LogP contribution is -2.30. The fraction of sp³-hybridized carbons (Fsp3) is 0.208. The van der Waals surface area contributed by atoms with Crippen molar-refractivity contribution in [3.8, 4) is 11.3 Å². The van der Waals surface area contributed by atoms with E-state index in [0.717, 1.165) is 20.8 Å². The number of aryl methyl sites for hydroxylation is 2. The monoisotopic (exact) mass is 462 g/mol. The largest absolute Gasteiger partial charge is 0.462 e. The summed E-state index contributed by atoms with van der Waals surface area (Å²) in [6.45, 7) is 5.41. The smallest absolute Gasteiger partial charge is 0.340 e. The average Bonchev–Trinajstić information content (AvgIpc) is 3.19. The zero-order valence-corrected chi connectivity index (χ0v) is 19.2. The molecule has 0 bridgehead atoms. The summed E-state index contributed by atoms with van der Waals surface area (Å²) < 4.78 is 6.84. The highest BCUT2D eigenvalue weighted by Crippen LogP contribution is 2.29. The fourth-order valence-corrected chi connectivity index (χ4v) is 4.30. The van der Waals surface area contributed by atoms with Gasteiger partial charge in [-0.2, -0.15) is 5.10 Å². The number of fused-ring (bicyclic) bond motifs is 1. The van der Waals surface area contributed by atoms with Gasteiger partial charge in [0.25, 0.3) is 5.56 Å². The highest BCUT2D eigenvalue weighted by atomic mass is 32.1. The van der Waals surface area contributed by atoms with Crippen LogP contribution in [-0.4, -0.2) is 33.2 Å². The van der Waals surface area contributed by atoms with Crippen LogP contribution in [0.25, 0.3) is 21.5 Å². The number of amides is 1. The van der Waals surface area contributed by atoms with E-state index in [1.165, 1.54) is 11.3 Å². The molecule has 0 unspecified atom stereocenters. The van der Waals surface area contributed by atoms with Gasteiger partial charge in [-0.15, -0.1) is 11.3 Å². The number of anilines is 1. The normalized spacial score (nSPS) is 10.9. The quantitative estimate of drug-likeness (QED) is 0.435. The first kappa shape index (κ1) is 22.3. The lowest BCUT2D eigenvalue weighted by atomic mass is 10.1. The summed E-state index contributed by atoms with van der Waals surface area (Å²) in [6.07, 6.45) is 0. The molecular formula is C24H22N4O4S. The van der Waals surface area contributed by atoms with Gasteiger partial charge in [0.15, 0.2) is 5.52 Å². The van der Waals surface area contributed by atoms with Gasteiger partial charge in [0.05, 0.1) is 27.6 Å². The number of rotatable bonds is 6. The summed E-state index contributed by atoms with van der Waals surface area (Å²) in [5.74, 6) is -1.03. The molecule has 0 aliphatic rings. The minimum atomic E-state index is -0.537. The Morgan fingerprint density at radius 1 is 1.09 bits per heavy atom. The van der Waals surface area contributed by atoms with E-state index in [9.17, 15) is 14.4 Å². The van der Waals surface area contributed by atoms with Crippen molar-refractivity contribution in [3.05, 3.63) is 75.0 Å². The number of para-hydroxylation sites is 1. The lowest BCUT2D eigenvalue weighted by molar-refractivity contribution is -0.117. The van der Waals surface area contributed by atoms with Crippen LogP contribution >= 0.6 is 11.3 Å². The molecule has 2 aromatic carbocycles. The van der Waals surface area contributed by atoms with Crippen LogP contribution in [0.3, 0.4) is 0 Å². The van der Waals surface area contributed by atoms with E-state index in [1.807, 2.05) is 38.1 Å². The van der Waals surface area contributed by atoms with Crippen LogP contribution < -0.4 is 10.9 Å². The number of benzene rings is 2. The van der Waals surface area contributed by atoms with Crippen molar-refractivity contribution < 1.29 is 14.3 Å². The van der Waals surface area contributed by atoms with Crippen molar-refractivity contribution in [1.29, 1.82) is 0 Å².